The minimum Gasteiger partial charge on any atom is -0.480 e. The average Bonchev–Trinajstić information content (AvgIpc) is 2.85. The van der Waals surface area contributed by atoms with Crippen LogP contribution in [0, 0.1) is 0 Å². The highest BCUT2D eigenvalue weighted by Crippen LogP contribution is 2.12. The molecule has 0 aliphatic carbocycles. The Labute approximate surface area is 121 Å². The molecule has 2 aromatic rings. The minimum absolute atomic E-state index is 0.254. The Hall–Kier alpha value is -2.90. The predicted molar refractivity (Wildman–Crippen MR) is 76.4 cm³/mol. The fourth-order valence-electron chi connectivity index (χ4n) is 1.66. The largest absolute Gasteiger partial charge is 0.480 e. The molecular formula is C13H15N5O3. The molecule has 2 aromatic heterocycles. The van der Waals surface area contributed by atoms with Crippen molar-refractivity contribution in [3.05, 3.63) is 36.3 Å². The van der Waals surface area contributed by atoms with E-state index in [1.165, 1.54) is 17.1 Å². The first-order valence-corrected chi connectivity index (χ1v) is 6.14. The lowest BCUT2D eigenvalue weighted by Gasteiger charge is -2.11. The van der Waals surface area contributed by atoms with Gasteiger partial charge in [-0.1, -0.05) is 0 Å². The number of pyridine rings is 1. The summed E-state index contributed by atoms with van der Waals surface area (Å²) in [5.41, 5.74) is 0.893. The summed E-state index contributed by atoms with van der Waals surface area (Å²) in [6, 6.07) is 3.26. The second-order valence-corrected chi connectivity index (χ2v) is 4.57. The van der Waals surface area contributed by atoms with Crippen LogP contribution < -0.4 is 10.2 Å². The van der Waals surface area contributed by atoms with Gasteiger partial charge in [0.25, 0.3) is 5.91 Å². The molecule has 0 unspecified atom stereocenters. The van der Waals surface area contributed by atoms with Gasteiger partial charge in [-0.3, -0.25) is 14.3 Å². The lowest BCUT2D eigenvalue weighted by Crippen LogP contribution is -2.15. The Kier molecular flexibility index (Phi) is 4.17. The van der Waals surface area contributed by atoms with Crippen molar-refractivity contribution in [1.82, 2.24) is 14.8 Å². The van der Waals surface area contributed by atoms with E-state index in [9.17, 15) is 9.59 Å². The van der Waals surface area contributed by atoms with Gasteiger partial charge in [-0.25, -0.2) is 4.98 Å². The number of hydrogen-bond acceptors (Lipinski definition) is 5. The maximum Gasteiger partial charge on any atom is 0.325 e. The van der Waals surface area contributed by atoms with Crippen LogP contribution in [0.2, 0.25) is 0 Å². The van der Waals surface area contributed by atoms with E-state index >= 15 is 0 Å². The van der Waals surface area contributed by atoms with Crippen LogP contribution in [0.25, 0.3) is 0 Å². The van der Waals surface area contributed by atoms with Crippen molar-refractivity contribution in [2.45, 2.75) is 6.54 Å². The van der Waals surface area contributed by atoms with E-state index in [1.807, 2.05) is 14.1 Å². The highest BCUT2D eigenvalue weighted by molar-refractivity contribution is 6.04. The van der Waals surface area contributed by atoms with E-state index < -0.39 is 5.97 Å². The zero-order valence-electron chi connectivity index (χ0n) is 11.6. The fourth-order valence-corrected chi connectivity index (χ4v) is 1.66. The summed E-state index contributed by atoms with van der Waals surface area (Å²) in [4.78, 5) is 28.6. The lowest BCUT2D eigenvalue weighted by atomic mass is 10.2. The maximum absolute atomic E-state index is 12.1. The SMILES string of the molecule is CN(C)c1cc(C(=O)Nc2cnn(CC(=O)O)c2)ccn1. The topological polar surface area (TPSA) is 100 Å². The van der Waals surface area contributed by atoms with Crippen LogP contribution in [-0.4, -0.2) is 45.8 Å². The Morgan fingerprint density at radius 1 is 1.43 bits per heavy atom. The molecule has 0 bridgehead atoms. The Morgan fingerprint density at radius 3 is 2.86 bits per heavy atom. The number of anilines is 2. The van der Waals surface area contributed by atoms with Crippen LogP contribution >= 0.6 is 0 Å². The van der Waals surface area contributed by atoms with Gasteiger partial charge in [-0.15, -0.1) is 0 Å². The zero-order valence-corrected chi connectivity index (χ0v) is 11.6. The molecular weight excluding hydrogens is 274 g/mol. The highest BCUT2D eigenvalue weighted by Gasteiger charge is 2.10. The Balaban J connectivity index is 2.09. The molecule has 0 radical (unpaired) electrons. The number of carboxylic acid groups (broad SMARTS) is 1. The number of rotatable bonds is 5. The van der Waals surface area contributed by atoms with Crippen molar-refractivity contribution in [1.29, 1.82) is 0 Å². The van der Waals surface area contributed by atoms with Crippen LogP contribution in [0.1, 0.15) is 10.4 Å². The first-order valence-electron chi connectivity index (χ1n) is 6.14. The molecule has 0 atom stereocenters. The molecule has 8 nitrogen and oxygen atoms in total. The monoisotopic (exact) mass is 289 g/mol. The summed E-state index contributed by atoms with van der Waals surface area (Å²) < 4.78 is 1.23. The predicted octanol–water partition coefficient (Wildman–Crippen LogP) is 0.681. The second-order valence-electron chi connectivity index (χ2n) is 4.57. The molecule has 0 aromatic carbocycles. The van der Waals surface area contributed by atoms with Gasteiger partial charge in [0.2, 0.25) is 0 Å². The normalized spacial score (nSPS) is 10.2. The van der Waals surface area contributed by atoms with Crippen LogP contribution in [0.5, 0.6) is 0 Å². The average molecular weight is 289 g/mol. The standard InChI is InChI=1S/C13H15N5O3/c1-17(2)11-5-9(3-4-14-11)13(21)16-10-6-15-18(7-10)8-12(19)20/h3-7H,8H2,1-2H3,(H,16,21)(H,19,20). The first-order chi connectivity index (χ1) is 9.95. The third-order valence-corrected chi connectivity index (χ3v) is 2.65. The van der Waals surface area contributed by atoms with Gasteiger partial charge in [0.15, 0.2) is 0 Å². The first kappa shape index (κ1) is 14.5. The third kappa shape index (κ3) is 3.78. The molecule has 110 valence electrons. The molecule has 0 aliphatic rings. The van der Waals surface area contributed by atoms with E-state index in [4.69, 9.17) is 5.11 Å². The van der Waals surface area contributed by atoms with E-state index in [2.05, 4.69) is 15.4 Å². The molecule has 2 heterocycles. The van der Waals surface area contributed by atoms with Gasteiger partial charge in [0, 0.05) is 32.1 Å². The van der Waals surface area contributed by atoms with Gasteiger partial charge in [0.1, 0.15) is 12.4 Å². The number of aliphatic carboxylic acids is 1. The smallest absolute Gasteiger partial charge is 0.325 e. The number of nitrogens with zero attached hydrogens (tertiary/aromatic N) is 4. The molecule has 0 spiro atoms. The quantitative estimate of drug-likeness (QED) is 0.839. The van der Waals surface area contributed by atoms with Crippen molar-refractivity contribution in [2.75, 3.05) is 24.3 Å². The highest BCUT2D eigenvalue weighted by atomic mass is 16.4. The molecule has 2 rings (SSSR count). The summed E-state index contributed by atoms with van der Waals surface area (Å²) >= 11 is 0. The number of nitrogens with one attached hydrogen (secondary N) is 1. The second kappa shape index (κ2) is 6.04. The summed E-state index contributed by atoms with van der Waals surface area (Å²) in [7, 11) is 3.67. The summed E-state index contributed by atoms with van der Waals surface area (Å²) in [6.45, 7) is -0.254. The summed E-state index contributed by atoms with van der Waals surface area (Å²) in [6.07, 6.45) is 4.41. The molecule has 0 saturated carbocycles. The molecule has 0 aliphatic heterocycles. The van der Waals surface area contributed by atoms with Crippen LogP contribution in [-0.2, 0) is 11.3 Å². The van der Waals surface area contributed by atoms with Gasteiger partial charge < -0.3 is 15.3 Å². The molecule has 21 heavy (non-hydrogen) atoms. The molecule has 8 heteroatoms. The fraction of sp³-hybridized carbons (Fsp3) is 0.231. The van der Waals surface area contributed by atoms with E-state index in [0.29, 0.717) is 17.1 Å². The number of carbonyl (C=O) groups excluding carboxylic acids is 1. The van der Waals surface area contributed by atoms with Crippen molar-refractivity contribution in [2.24, 2.45) is 0 Å². The van der Waals surface area contributed by atoms with Crippen LogP contribution in [0.3, 0.4) is 0 Å². The molecule has 0 fully saturated rings. The van der Waals surface area contributed by atoms with Crippen molar-refractivity contribution in [3.63, 3.8) is 0 Å². The zero-order chi connectivity index (χ0) is 15.4. The summed E-state index contributed by atoms with van der Waals surface area (Å²) in [5, 5.41) is 15.2. The van der Waals surface area contributed by atoms with Gasteiger partial charge >= 0.3 is 5.97 Å². The molecule has 1 amide bonds. The minimum atomic E-state index is -0.999. The molecule has 2 N–H and O–H groups in total. The number of carboxylic acids is 1. The van der Waals surface area contributed by atoms with Gasteiger partial charge in [-0.05, 0) is 12.1 Å². The summed E-state index contributed by atoms with van der Waals surface area (Å²) in [5.74, 6) is -0.639. The van der Waals surface area contributed by atoms with Crippen molar-refractivity contribution in [3.8, 4) is 0 Å². The Bertz CT molecular complexity index is 665. The lowest BCUT2D eigenvalue weighted by molar-refractivity contribution is -0.137. The molecule has 0 saturated heterocycles. The van der Waals surface area contributed by atoms with Crippen molar-refractivity contribution >= 4 is 23.4 Å². The van der Waals surface area contributed by atoms with Gasteiger partial charge in [0.05, 0.1) is 11.9 Å². The van der Waals surface area contributed by atoms with E-state index in [-0.39, 0.29) is 12.5 Å². The number of amides is 1. The number of hydrogen-bond donors (Lipinski definition) is 2. The maximum atomic E-state index is 12.1. The third-order valence-electron chi connectivity index (χ3n) is 2.65. The van der Waals surface area contributed by atoms with E-state index in [0.717, 1.165) is 0 Å². The van der Waals surface area contributed by atoms with Crippen molar-refractivity contribution < 1.29 is 14.7 Å². The number of carbonyl (C=O) groups is 2. The number of aromatic nitrogens is 3. The Morgan fingerprint density at radius 2 is 2.19 bits per heavy atom. The van der Waals surface area contributed by atoms with Gasteiger partial charge in [-0.2, -0.15) is 5.10 Å². The van der Waals surface area contributed by atoms with E-state index in [1.54, 1.807) is 23.2 Å². The van der Waals surface area contributed by atoms with Crippen LogP contribution in [0.4, 0.5) is 11.5 Å². The van der Waals surface area contributed by atoms with Crippen LogP contribution in [0.15, 0.2) is 30.7 Å².